The molecule has 5 heteroatoms. The molecular weight excluding hydrogens is 259 g/mol. The van der Waals surface area contributed by atoms with Crippen molar-refractivity contribution in [2.45, 2.75) is 18.9 Å². The summed E-state index contributed by atoms with van der Waals surface area (Å²) in [5, 5.41) is 3.26. The predicted molar refractivity (Wildman–Crippen MR) is 74.8 cm³/mol. The van der Waals surface area contributed by atoms with Gasteiger partial charge in [-0.1, -0.05) is 12.1 Å². The first-order valence-corrected chi connectivity index (χ1v) is 6.97. The van der Waals surface area contributed by atoms with E-state index in [2.05, 4.69) is 5.32 Å². The molecule has 2 rings (SSSR count). The molecule has 0 bridgehead atoms. The fourth-order valence-electron chi connectivity index (χ4n) is 2.53. The van der Waals surface area contributed by atoms with Crippen LogP contribution in [0, 0.1) is 5.82 Å². The van der Waals surface area contributed by atoms with Gasteiger partial charge in [0.15, 0.2) is 0 Å². The second-order valence-corrected chi connectivity index (χ2v) is 4.96. The molecule has 1 aromatic rings. The fraction of sp³-hybridized carbons (Fsp3) is 0.533. The van der Waals surface area contributed by atoms with Crippen LogP contribution in [0.3, 0.4) is 0 Å². The highest BCUT2D eigenvalue weighted by Crippen LogP contribution is 2.23. The molecule has 0 aromatic heterocycles. The SMILES string of the molecule is COCCCC(=O)N1CCNCC1c1cccc(F)c1. The lowest BCUT2D eigenvalue weighted by atomic mass is 10.0. The number of methoxy groups -OCH3 is 1. The lowest BCUT2D eigenvalue weighted by Gasteiger charge is -2.36. The highest BCUT2D eigenvalue weighted by molar-refractivity contribution is 5.77. The van der Waals surface area contributed by atoms with Gasteiger partial charge in [-0.05, 0) is 24.1 Å². The van der Waals surface area contributed by atoms with E-state index in [1.807, 2.05) is 11.0 Å². The number of carbonyl (C=O) groups excluding carboxylic acids is 1. The van der Waals surface area contributed by atoms with Gasteiger partial charge in [0.2, 0.25) is 5.91 Å². The molecular formula is C15H21FN2O2. The van der Waals surface area contributed by atoms with Crippen LogP contribution in [0.1, 0.15) is 24.4 Å². The van der Waals surface area contributed by atoms with Crippen LogP contribution < -0.4 is 5.32 Å². The van der Waals surface area contributed by atoms with E-state index >= 15 is 0 Å². The smallest absolute Gasteiger partial charge is 0.223 e. The van der Waals surface area contributed by atoms with E-state index < -0.39 is 0 Å². The molecule has 1 saturated heterocycles. The van der Waals surface area contributed by atoms with Crippen molar-refractivity contribution in [2.24, 2.45) is 0 Å². The third-order valence-corrected chi connectivity index (χ3v) is 3.54. The van der Waals surface area contributed by atoms with Crippen LogP contribution >= 0.6 is 0 Å². The first-order chi connectivity index (χ1) is 9.72. The van der Waals surface area contributed by atoms with Gasteiger partial charge in [-0.25, -0.2) is 4.39 Å². The highest BCUT2D eigenvalue weighted by Gasteiger charge is 2.27. The third kappa shape index (κ3) is 3.77. The molecule has 4 nitrogen and oxygen atoms in total. The molecule has 1 N–H and O–H groups in total. The Morgan fingerprint density at radius 2 is 2.40 bits per heavy atom. The maximum absolute atomic E-state index is 13.4. The van der Waals surface area contributed by atoms with Gasteiger partial charge in [-0.2, -0.15) is 0 Å². The Balaban J connectivity index is 2.07. The van der Waals surface area contributed by atoms with Crippen LogP contribution in [-0.2, 0) is 9.53 Å². The zero-order valence-electron chi connectivity index (χ0n) is 11.8. The molecule has 1 amide bonds. The molecule has 1 fully saturated rings. The molecule has 0 spiro atoms. The number of carbonyl (C=O) groups is 1. The zero-order chi connectivity index (χ0) is 14.4. The Bertz CT molecular complexity index is 453. The second kappa shape index (κ2) is 7.36. The molecule has 0 radical (unpaired) electrons. The van der Waals surface area contributed by atoms with Crippen LogP contribution in [0.2, 0.25) is 0 Å². The molecule has 1 unspecified atom stereocenters. The molecule has 0 aliphatic carbocycles. The van der Waals surface area contributed by atoms with Gasteiger partial charge in [0.05, 0.1) is 6.04 Å². The summed E-state index contributed by atoms with van der Waals surface area (Å²) in [6, 6.07) is 6.40. The monoisotopic (exact) mass is 280 g/mol. The van der Waals surface area contributed by atoms with E-state index in [-0.39, 0.29) is 17.8 Å². The number of hydrogen-bond donors (Lipinski definition) is 1. The number of halogens is 1. The van der Waals surface area contributed by atoms with E-state index in [1.165, 1.54) is 12.1 Å². The van der Waals surface area contributed by atoms with Crippen molar-refractivity contribution in [3.63, 3.8) is 0 Å². The molecule has 1 aliphatic rings. The number of nitrogens with zero attached hydrogens (tertiary/aromatic N) is 1. The number of nitrogens with one attached hydrogen (secondary N) is 1. The van der Waals surface area contributed by atoms with Gasteiger partial charge in [0.1, 0.15) is 5.82 Å². The maximum atomic E-state index is 13.4. The van der Waals surface area contributed by atoms with Gasteiger partial charge in [-0.15, -0.1) is 0 Å². The molecule has 1 aliphatic heterocycles. The van der Waals surface area contributed by atoms with Crippen LogP contribution in [0.25, 0.3) is 0 Å². The van der Waals surface area contributed by atoms with E-state index in [0.717, 1.165) is 18.5 Å². The maximum Gasteiger partial charge on any atom is 0.223 e. The van der Waals surface area contributed by atoms with Crippen LogP contribution in [0.5, 0.6) is 0 Å². The molecule has 20 heavy (non-hydrogen) atoms. The van der Waals surface area contributed by atoms with Crippen LogP contribution in [-0.4, -0.2) is 44.2 Å². The Hall–Kier alpha value is -1.46. The Morgan fingerprint density at radius 1 is 1.55 bits per heavy atom. The number of benzene rings is 1. The van der Waals surface area contributed by atoms with E-state index in [1.54, 1.807) is 13.2 Å². The molecule has 0 saturated carbocycles. The minimum absolute atomic E-state index is 0.0884. The average molecular weight is 280 g/mol. The predicted octanol–water partition coefficient (Wildman–Crippen LogP) is 1.73. The van der Waals surface area contributed by atoms with Gasteiger partial charge in [-0.3, -0.25) is 4.79 Å². The summed E-state index contributed by atoms with van der Waals surface area (Å²) in [7, 11) is 1.63. The van der Waals surface area contributed by atoms with Crippen molar-refractivity contribution in [3.8, 4) is 0 Å². The van der Waals surface area contributed by atoms with Crippen molar-refractivity contribution in [3.05, 3.63) is 35.6 Å². The van der Waals surface area contributed by atoms with E-state index in [0.29, 0.717) is 26.1 Å². The van der Waals surface area contributed by atoms with E-state index in [4.69, 9.17) is 4.74 Å². The van der Waals surface area contributed by atoms with Gasteiger partial charge < -0.3 is 15.0 Å². The molecule has 1 atom stereocenters. The first-order valence-electron chi connectivity index (χ1n) is 6.97. The number of hydrogen-bond acceptors (Lipinski definition) is 3. The summed E-state index contributed by atoms with van der Waals surface area (Å²) in [5.74, 6) is -0.155. The summed E-state index contributed by atoms with van der Waals surface area (Å²) in [6.07, 6.45) is 1.19. The standard InChI is InChI=1S/C15H21FN2O2/c1-20-9-3-6-15(19)18-8-7-17-11-14(18)12-4-2-5-13(16)10-12/h2,4-5,10,14,17H,3,6-9,11H2,1H3. The third-order valence-electron chi connectivity index (χ3n) is 3.54. The number of piperazine rings is 1. The summed E-state index contributed by atoms with van der Waals surface area (Å²) >= 11 is 0. The normalized spacial score (nSPS) is 19.1. The summed E-state index contributed by atoms with van der Waals surface area (Å²) in [5.41, 5.74) is 0.845. The minimum atomic E-state index is -0.264. The number of rotatable bonds is 5. The van der Waals surface area contributed by atoms with Crippen LogP contribution in [0.15, 0.2) is 24.3 Å². The molecule has 1 aromatic carbocycles. The Morgan fingerprint density at radius 3 is 3.15 bits per heavy atom. The van der Waals surface area contributed by atoms with Crippen molar-refractivity contribution in [1.82, 2.24) is 10.2 Å². The lowest BCUT2D eigenvalue weighted by Crippen LogP contribution is -2.48. The zero-order valence-corrected chi connectivity index (χ0v) is 11.8. The lowest BCUT2D eigenvalue weighted by molar-refractivity contribution is -0.134. The number of ether oxygens (including phenoxy) is 1. The Kier molecular flexibility index (Phi) is 5.49. The van der Waals surface area contributed by atoms with Gasteiger partial charge in [0.25, 0.3) is 0 Å². The van der Waals surface area contributed by atoms with E-state index in [9.17, 15) is 9.18 Å². The first kappa shape index (κ1) is 14.9. The van der Waals surface area contributed by atoms with Crippen LogP contribution in [0.4, 0.5) is 4.39 Å². The largest absolute Gasteiger partial charge is 0.385 e. The number of amides is 1. The second-order valence-electron chi connectivity index (χ2n) is 4.96. The van der Waals surface area contributed by atoms with Gasteiger partial charge in [0, 0.05) is 39.8 Å². The van der Waals surface area contributed by atoms with Crippen molar-refractivity contribution in [2.75, 3.05) is 33.4 Å². The van der Waals surface area contributed by atoms with Gasteiger partial charge >= 0.3 is 0 Å². The summed E-state index contributed by atoms with van der Waals surface area (Å²) in [6.45, 7) is 2.69. The topological polar surface area (TPSA) is 41.6 Å². The van der Waals surface area contributed by atoms with Crippen molar-refractivity contribution in [1.29, 1.82) is 0 Å². The molecule has 110 valence electrons. The summed E-state index contributed by atoms with van der Waals surface area (Å²) in [4.78, 5) is 14.1. The van der Waals surface area contributed by atoms with Crippen molar-refractivity contribution >= 4 is 5.91 Å². The molecule has 1 heterocycles. The van der Waals surface area contributed by atoms with Crippen molar-refractivity contribution < 1.29 is 13.9 Å². The fourth-order valence-corrected chi connectivity index (χ4v) is 2.53. The minimum Gasteiger partial charge on any atom is -0.385 e. The quantitative estimate of drug-likeness (QED) is 0.835. The average Bonchev–Trinajstić information content (AvgIpc) is 2.47. The Labute approximate surface area is 118 Å². The highest BCUT2D eigenvalue weighted by atomic mass is 19.1. The summed E-state index contributed by atoms with van der Waals surface area (Å²) < 4.78 is 18.3.